The van der Waals surface area contributed by atoms with Gasteiger partial charge in [-0.05, 0) is 59.9 Å². The molecule has 0 aliphatic carbocycles. The minimum atomic E-state index is -0.984. The minimum absolute atomic E-state index is 0.182. The Bertz CT molecular complexity index is 1370. The Balaban J connectivity index is 1.36. The van der Waals surface area contributed by atoms with Gasteiger partial charge in [-0.25, -0.2) is 0 Å². The summed E-state index contributed by atoms with van der Waals surface area (Å²) in [7, 11) is 0. The predicted octanol–water partition coefficient (Wildman–Crippen LogP) is 5.76. The van der Waals surface area contributed by atoms with Crippen LogP contribution in [0, 0.1) is 0 Å². The first-order chi connectivity index (χ1) is 18.0. The first-order valence-electron chi connectivity index (χ1n) is 12.1. The zero-order valence-electron chi connectivity index (χ0n) is 20.4. The van der Waals surface area contributed by atoms with E-state index in [1.165, 1.54) is 0 Å². The van der Waals surface area contributed by atoms with Crippen molar-refractivity contribution < 1.29 is 29.3 Å². The third kappa shape index (κ3) is 7.24. The number of aliphatic carboxylic acids is 2. The fraction of sp³-hybridized carbons (Fsp3) is 0.200. The molecule has 0 amide bonds. The van der Waals surface area contributed by atoms with Crippen molar-refractivity contribution in [1.82, 2.24) is 4.57 Å². The maximum absolute atomic E-state index is 11.4. The number of hydrogen-bond acceptors (Lipinski definition) is 4. The lowest BCUT2D eigenvalue weighted by Gasteiger charge is -2.08. The maximum Gasteiger partial charge on any atom is 0.323 e. The molecule has 1 heterocycles. The number of ether oxygens (including phenoxy) is 2. The molecule has 190 valence electrons. The van der Waals surface area contributed by atoms with E-state index in [4.69, 9.17) is 9.47 Å². The summed E-state index contributed by atoms with van der Waals surface area (Å²) < 4.78 is 13.1. The molecule has 7 heteroatoms. The fourth-order valence-electron chi connectivity index (χ4n) is 4.14. The molecular weight excluding hydrogens is 470 g/mol. The van der Waals surface area contributed by atoms with Gasteiger partial charge in [-0.1, -0.05) is 54.6 Å². The smallest absolute Gasteiger partial charge is 0.323 e. The van der Waals surface area contributed by atoms with E-state index >= 15 is 0 Å². The number of carbonyl (C=O) groups is 2. The van der Waals surface area contributed by atoms with Crippen LogP contribution in [0.1, 0.15) is 29.5 Å². The third-order valence-corrected chi connectivity index (χ3v) is 5.82. The summed E-state index contributed by atoms with van der Waals surface area (Å²) in [6.45, 7) is 1.03. The predicted molar refractivity (Wildman–Crippen MR) is 143 cm³/mol. The molecule has 0 saturated heterocycles. The molecule has 4 rings (SSSR count). The van der Waals surface area contributed by atoms with E-state index < -0.39 is 11.9 Å². The number of carboxylic acid groups (broad SMARTS) is 2. The quantitative estimate of drug-likeness (QED) is 0.179. The monoisotopic (exact) mass is 499 g/mol. The number of unbranched alkanes of at least 4 members (excludes halogenated alkanes) is 1. The number of fused-ring (bicyclic) bond motifs is 1. The van der Waals surface area contributed by atoms with Gasteiger partial charge in [0.05, 0.1) is 19.6 Å². The van der Waals surface area contributed by atoms with Crippen LogP contribution in [-0.2, 0) is 22.6 Å². The Morgan fingerprint density at radius 2 is 1.43 bits per heavy atom. The minimum Gasteiger partial charge on any atom is -0.494 e. The Morgan fingerprint density at radius 3 is 2.08 bits per heavy atom. The lowest BCUT2D eigenvalue weighted by atomic mass is 10.0. The molecule has 0 unspecified atom stereocenters. The number of nitrogens with zero attached hydrogens (tertiary/aromatic N) is 1. The van der Waals surface area contributed by atoms with E-state index in [0.29, 0.717) is 24.3 Å². The number of aromatic nitrogens is 1. The third-order valence-electron chi connectivity index (χ3n) is 5.82. The molecule has 7 nitrogen and oxygen atoms in total. The van der Waals surface area contributed by atoms with Crippen molar-refractivity contribution in [1.29, 1.82) is 0 Å². The number of carboxylic acids is 2. The topological polar surface area (TPSA) is 98.0 Å². The van der Waals surface area contributed by atoms with E-state index in [0.717, 1.165) is 40.9 Å². The van der Waals surface area contributed by atoms with Gasteiger partial charge in [0.15, 0.2) is 0 Å². The van der Waals surface area contributed by atoms with Gasteiger partial charge in [0, 0.05) is 17.1 Å². The van der Waals surface area contributed by atoms with Crippen LogP contribution < -0.4 is 9.47 Å². The molecule has 37 heavy (non-hydrogen) atoms. The molecular formula is C30H29NO6. The van der Waals surface area contributed by atoms with E-state index in [2.05, 4.69) is 0 Å². The van der Waals surface area contributed by atoms with Crippen LogP contribution in [0.3, 0.4) is 0 Å². The summed E-state index contributed by atoms with van der Waals surface area (Å²) in [4.78, 5) is 22.7. The van der Waals surface area contributed by atoms with Crippen LogP contribution in [-0.4, -0.2) is 39.9 Å². The normalized spacial score (nSPS) is 11.1. The molecule has 4 aromatic rings. The molecule has 0 saturated carbocycles. The Hall–Kier alpha value is -4.52. The summed E-state index contributed by atoms with van der Waals surface area (Å²) in [5.74, 6) is -0.285. The maximum atomic E-state index is 11.4. The number of para-hydroxylation sites is 1. The molecule has 0 spiro atoms. The van der Waals surface area contributed by atoms with Crippen molar-refractivity contribution in [3.63, 3.8) is 0 Å². The van der Waals surface area contributed by atoms with Gasteiger partial charge in [-0.15, -0.1) is 0 Å². The number of hydrogen-bond donors (Lipinski definition) is 2. The number of benzene rings is 3. The summed E-state index contributed by atoms with van der Waals surface area (Å²) in [6, 6.07) is 23.0. The van der Waals surface area contributed by atoms with Crippen LogP contribution in [0.4, 0.5) is 0 Å². The first-order valence-corrected chi connectivity index (χ1v) is 12.1. The lowest BCUT2D eigenvalue weighted by Crippen LogP contribution is -2.07. The van der Waals surface area contributed by atoms with Gasteiger partial charge in [0.2, 0.25) is 0 Å². The Morgan fingerprint density at radius 1 is 0.757 bits per heavy atom. The summed E-state index contributed by atoms with van der Waals surface area (Å²) in [5, 5.41) is 19.3. The standard InChI is InChI=1S/C30H29NO6/c32-28(33)19-24-20-31(21-29(34)35)27-10-6-7-23(30(24)27)14-11-22-12-15-26(16-13-22)37-18-5-4-17-36-25-8-2-1-3-9-25/h1-3,6-16,20H,4-5,17-19,21H2,(H,32,33)(H,34,35)/b14-11+. The van der Waals surface area contributed by atoms with Gasteiger partial charge >= 0.3 is 11.9 Å². The van der Waals surface area contributed by atoms with Crippen molar-refractivity contribution in [3.05, 3.63) is 95.7 Å². The average Bonchev–Trinajstić information content (AvgIpc) is 3.22. The Kier molecular flexibility index (Phi) is 8.60. The highest BCUT2D eigenvalue weighted by atomic mass is 16.5. The van der Waals surface area contributed by atoms with E-state index in [-0.39, 0.29) is 13.0 Å². The second-order valence-electron chi connectivity index (χ2n) is 8.61. The molecule has 0 atom stereocenters. The van der Waals surface area contributed by atoms with E-state index in [1.54, 1.807) is 16.8 Å². The molecule has 0 fully saturated rings. The average molecular weight is 500 g/mol. The van der Waals surface area contributed by atoms with Gasteiger partial charge < -0.3 is 24.3 Å². The van der Waals surface area contributed by atoms with Crippen molar-refractivity contribution in [2.24, 2.45) is 0 Å². The highest BCUT2D eigenvalue weighted by Crippen LogP contribution is 2.28. The van der Waals surface area contributed by atoms with Crippen molar-refractivity contribution in [2.75, 3.05) is 13.2 Å². The van der Waals surface area contributed by atoms with Crippen LogP contribution in [0.25, 0.3) is 23.1 Å². The molecule has 0 radical (unpaired) electrons. The summed E-state index contributed by atoms with van der Waals surface area (Å²) in [6.07, 6.45) is 7.08. The second kappa shape index (κ2) is 12.4. The largest absolute Gasteiger partial charge is 0.494 e. The molecule has 0 aliphatic rings. The molecule has 1 aromatic heterocycles. The molecule has 0 aliphatic heterocycles. The second-order valence-corrected chi connectivity index (χ2v) is 8.61. The first kappa shape index (κ1) is 25.6. The zero-order valence-corrected chi connectivity index (χ0v) is 20.4. The van der Waals surface area contributed by atoms with Gasteiger partial charge in [0.1, 0.15) is 18.0 Å². The molecule has 0 bridgehead atoms. The van der Waals surface area contributed by atoms with E-state index in [1.807, 2.05) is 78.9 Å². The SMILES string of the molecule is O=C(O)Cc1cn(CC(=O)O)c2cccc(/C=C/c3ccc(OCCCCOc4ccccc4)cc3)c12. The van der Waals surface area contributed by atoms with Gasteiger partial charge in [0.25, 0.3) is 0 Å². The van der Waals surface area contributed by atoms with Crippen LogP contribution in [0.2, 0.25) is 0 Å². The molecule has 2 N–H and O–H groups in total. The fourth-order valence-corrected chi connectivity index (χ4v) is 4.14. The van der Waals surface area contributed by atoms with Crippen LogP contribution >= 0.6 is 0 Å². The summed E-state index contributed by atoms with van der Waals surface area (Å²) >= 11 is 0. The zero-order chi connectivity index (χ0) is 26.0. The van der Waals surface area contributed by atoms with Crippen molar-refractivity contribution >= 4 is 35.0 Å². The highest BCUT2D eigenvalue weighted by Gasteiger charge is 2.15. The van der Waals surface area contributed by atoms with Crippen molar-refractivity contribution in [3.8, 4) is 11.5 Å². The van der Waals surface area contributed by atoms with Gasteiger partial charge in [-0.3, -0.25) is 9.59 Å². The highest BCUT2D eigenvalue weighted by molar-refractivity contribution is 5.96. The van der Waals surface area contributed by atoms with E-state index in [9.17, 15) is 19.8 Å². The van der Waals surface area contributed by atoms with Crippen molar-refractivity contribution in [2.45, 2.75) is 25.8 Å². The summed E-state index contributed by atoms with van der Waals surface area (Å²) in [5.41, 5.74) is 3.07. The van der Waals surface area contributed by atoms with Crippen LogP contribution in [0.15, 0.2) is 79.0 Å². The molecule has 3 aromatic carbocycles. The number of rotatable bonds is 13. The lowest BCUT2D eigenvalue weighted by molar-refractivity contribution is -0.138. The Labute approximate surface area is 215 Å². The van der Waals surface area contributed by atoms with Gasteiger partial charge in [-0.2, -0.15) is 0 Å². The van der Waals surface area contributed by atoms with Crippen LogP contribution in [0.5, 0.6) is 11.5 Å².